The monoisotopic (exact) mass is 320 g/mol. The van der Waals surface area contributed by atoms with Crippen molar-refractivity contribution in [1.82, 2.24) is 0 Å². The first kappa shape index (κ1) is 15.2. The molecular formula is C14H21FO5S. The third-order valence-electron chi connectivity index (χ3n) is 5.26. The van der Waals surface area contributed by atoms with Gasteiger partial charge in [-0.1, -0.05) is 0 Å². The van der Waals surface area contributed by atoms with Gasteiger partial charge in [0.2, 0.25) is 0 Å². The van der Waals surface area contributed by atoms with Crippen LogP contribution in [0.5, 0.6) is 0 Å². The van der Waals surface area contributed by atoms with Gasteiger partial charge in [0.05, 0.1) is 5.41 Å². The van der Waals surface area contributed by atoms with E-state index >= 15 is 0 Å². The summed E-state index contributed by atoms with van der Waals surface area (Å²) in [5, 5.41) is 0. The molecule has 4 rings (SSSR count). The van der Waals surface area contributed by atoms with Crippen LogP contribution < -0.4 is 0 Å². The second-order valence-corrected chi connectivity index (χ2v) is 8.64. The lowest BCUT2D eigenvalue weighted by molar-refractivity contribution is -0.173. The van der Waals surface area contributed by atoms with E-state index < -0.39 is 34.1 Å². The number of hydrogen-bond acceptors (Lipinski definition) is 4. The van der Waals surface area contributed by atoms with Gasteiger partial charge in [0, 0.05) is 0 Å². The Morgan fingerprint density at radius 1 is 1.19 bits per heavy atom. The van der Waals surface area contributed by atoms with Crippen LogP contribution >= 0.6 is 0 Å². The standard InChI is InChI=1S/C14H21FO5S/c15-12(8-21(17,18)19)7-20-13(16)14-4-9-1-10(5-14)3-11(2-9)6-14/h9-12H,1-8H2,(H,17,18,19). The molecule has 0 aromatic rings. The lowest BCUT2D eigenvalue weighted by atomic mass is 9.49. The predicted molar refractivity (Wildman–Crippen MR) is 72.9 cm³/mol. The average molecular weight is 320 g/mol. The molecule has 4 aliphatic carbocycles. The molecule has 0 aliphatic heterocycles. The maximum absolute atomic E-state index is 13.4. The van der Waals surface area contributed by atoms with Crippen LogP contribution in [0, 0.1) is 23.2 Å². The van der Waals surface area contributed by atoms with Gasteiger partial charge in [0.25, 0.3) is 10.1 Å². The molecule has 5 nitrogen and oxygen atoms in total. The first-order chi connectivity index (χ1) is 9.76. The summed E-state index contributed by atoms with van der Waals surface area (Å²) in [5.74, 6) is 0.356. The van der Waals surface area contributed by atoms with Gasteiger partial charge in [0.1, 0.15) is 12.4 Å². The molecule has 1 atom stereocenters. The lowest BCUT2D eigenvalue weighted by Crippen LogP contribution is -2.50. The van der Waals surface area contributed by atoms with Crippen LogP contribution in [-0.4, -0.2) is 37.5 Å². The lowest BCUT2D eigenvalue weighted by Gasteiger charge is -2.55. The number of alkyl halides is 1. The average Bonchev–Trinajstić information content (AvgIpc) is 2.32. The maximum atomic E-state index is 13.4. The minimum Gasteiger partial charge on any atom is -0.462 e. The molecule has 4 aliphatic rings. The number of ether oxygens (including phenoxy) is 1. The Morgan fingerprint density at radius 3 is 2.10 bits per heavy atom. The van der Waals surface area contributed by atoms with Crippen molar-refractivity contribution in [3.63, 3.8) is 0 Å². The van der Waals surface area contributed by atoms with Crippen LogP contribution in [0.15, 0.2) is 0 Å². The molecule has 0 radical (unpaired) electrons. The fourth-order valence-corrected chi connectivity index (χ4v) is 5.51. The first-order valence-corrected chi connectivity index (χ1v) is 9.13. The zero-order valence-corrected chi connectivity index (χ0v) is 12.6. The second kappa shape index (κ2) is 5.19. The van der Waals surface area contributed by atoms with Gasteiger partial charge >= 0.3 is 5.97 Å². The highest BCUT2D eigenvalue weighted by atomic mass is 32.2. The highest BCUT2D eigenvalue weighted by Gasteiger charge is 2.55. The Morgan fingerprint density at radius 2 is 1.67 bits per heavy atom. The Hall–Kier alpha value is -0.690. The summed E-state index contributed by atoms with van der Waals surface area (Å²) in [5.41, 5.74) is -0.466. The smallest absolute Gasteiger partial charge is 0.312 e. The Kier molecular flexibility index (Phi) is 3.76. The summed E-state index contributed by atoms with van der Waals surface area (Å²) >= 11 is 0. The Labute approximate surface area is 124 Å². The molecule has 1 N–H and O–H groups in total. The van der Waals surface area contributed by atoms with Crippen molar-refractivity contribution >= 4 is 16.1 Å². The van der Waals surface area contributed by atoms with E-state index in [0.29, 0.717) is 17.8 Å². The molecule has 0 heterocycles. The molecular weight excluding hydrogens is 299 g/mol. The first-order valence-electron chi connectivity index (χ1n) is 7.52. The van der Waals surface area contributed by atoms with Gasteiger partial charge in [-0.2, -0.15) is 8.42 Å². The second-order valence-electron chi connectivity index (χ2n) is 7.14. The van der Waals surface area contributed by atoms with Crippen LogP contribution in [0.1, 0.15) is 38.5 Å². The highest BCUT2D eigenvalue weighted by Crippen LogP contribution is 2.60. The molecule has 0 saturated heterocycles. The van der Waals surface area contributed by atoms with Gasteiger partial charge in [0.15, 0.2) is 6.17 Å². The van der Waals surface area contributed by atoms with Crippen molar-refractivity contribution in [2.24, 2.45) is 23.2 Å². The number of carbonyl (C=O) groups is 1. The van der Waals surface area contributed by atoms with Crippen LogP contribution in [-0.2, 0) is 19.6 Å². The van der Waals surface area contributed by atoms with Crippen LogP contribution in [0.2, 0.25) is 0 Å². The zero-order chi connectivity index (χ0) is 15.3. The summed E-state index contributed by atoms with van der Waals surface area (Å²) < 4.78 is 48.2. The molecule has 4 fully saturated rings. The summed E-state index contributed by atoms with van der Waals surface area (Å²) in [6.45, 7) is -0.597. The summed E-state index contributed by atoms with van der Waals surface area (Å²) in [7, 11) is -4.38. The Bertz CT molecular complexity index is 494. The van der Waals surface area contributed by atoms with E-state index in [1.807, 2.05) is 0 Å². The number of esters is 1. The normalized spacial score (nSPS) is 39.2. The molecule has 0 spiro atoms. The molecule has 120 valence electrons. The fraction of sp³-hybridized carbons (Fsp3) is 0.929. The van der Waals surface area contributed by atoms with Gasteiger partial charge in [-0.15, -0.1) is 0 Å². The van der Waals surface area contributed by atoms with Crippen molar-refractivity contribution in [3.05, 3.63) is 0 Å². The third kappa shape index (κ3) is 3.23. The van der Waals surface area contributed by atoms with E-state index in [0.717, 1.165) is 19.3 Å². The quantitative estimate of drug-likeness (QED) is 0.619. The predicted octanol–water partition coefficient (Wildman–Crippen LogP) is 1.97. The van der Waals surface area contributed by atoms with Crippen molar-refractivity contribution < 1.29 is 26.9 Å². The summed E-state index contributed by atoms with van der Waals surface area (Å²) in [6, 6.07) is 0. The topological polar surface area (TPSA) is 80.7 Å². The molecule has 7 heteroatoms. The maximum Gasteiger partial charge on any atom is 0.312 e. The van der Waals surface area contributed by atoms with Crippen LogP contribution in [0.4, 0.5) is 4.39 Å². The van der Waals surface area contributed by atoms with E-state index in [-0.39, 0.29) is 5.97 Å². The SMILES string of the molecule is O=C(OCC(F)CS(=O)(=O)O)C12CC3CC(CC(C3)C1)C2. The van der Waals surface area contributed by atoms with Crippen molar-refractivity contribution in [3.8, 4) is 0 Å². The van der Waals surface area contributed by atoms with Crippen molar-refractivity contribution in [1.29, 1.82) is 0 Å². The van der Waals surface area contributed by atoms with E-state index in [1.165, 1.54) is 19.3 Å². The fourth-order valence-electron chi connectivity index (χ4n) is 4.96. The van der Waals surface area contributed by atoms with Crippen LogP contribution in [0.25, 0.3) is 0 Å². The largest absolute Gasteiger partial charge is 0.462 e. The van der Waals surface area contributed by atoms with Gasteiger partial charge in [-0.3, -0.25) is 9.35 Å². The molecule has 4 bridgehead atoms. The molecule has 4 saturated carbocycles. The molecule has 21 heavy (non-hydrogen) atoms. The van der Waals surface area contributed by atoms with E-state index in [1.54, 1.807) is 0 Å². The molecule has 1 unspecified atom stereocenters. The van der Waals surface area contributed by atoms with Gasteiger partial charge < -0.3 is 4.74 Å². The van der Waals surface area contributed by atoms with Crippen molar-refractivity contribution in [2.75, 3.05) is 12.4 Å². The van der Waals surface area contributed by atoms with Crippen LogP contribution in [0.3, 0.4) is 0 Å². The molecule has 0 amide bonds. The van der Waals surface area contributed by atoms with E-state index in [2.05, 4.69) is 0 Å². The zero-order valence-electron chi connectivity index (χ0n) is 11.8. The third-order valence-corrected chi connectivity index (χ3v) is 6.04. The summed E-state index contributed by atoms with van der Waals surface area (Å²) in [6.07, 6.45) is 4.19. The van der Waals surface area contributed by atoms with E-state index in [4.69, 9.17) is 9.29 Å². The van der Waals surface area contributed by atoms with Gasteiger partial charge in [-0.25, -0.2) is 4.39 Å². The van der Waals surface area contributed by atoms with E-state index in [9.17, 15) is 17.6 Å². The molecule has 0 aromatic carbocycles. The van der Waals surface area contributed by atoms with Crippen molar-refractivity contribution in [2.45, 2.75) is 44.7 Å². The number of hydrogen-bond donors (Lipinski definition) is 1. The minimum atomic E-state index is -4.38. The Balaban J connectivity index is 1.58. The number of halogens is 1. The number of carbonyl (C=O) groups excluding carboxylic acids is 1. The highest BCUT2D eigenvalue weighted by molar-refractivity contribution is 7.85. The summed E-state index contributed by atoms with van der Waals surface area (Å²) in [4.78, 5) is 12.4. The van der Waals surface area contributed by atoms with Gasteiger partial charge in [-0.05, 0) is 56.3 Å². The number of rotatable bonds is 5. The molecule has 0 aromatic heterocycles. The minimum absolute atomic E-state index is 0.375.